The Bertz CT molecular complexity index is 179. The molecule has 0 saturated heterocycles. The van der Waals surface area contributed by atoms with Crippen molar-refractivity contribution in [3.05, 3.63) is 24.3 Å². The average molecular weight is 281 g/mol. The summed E-state index contributed by atoms with van der Waals surface area (Å²) in [6.45, 7) is 0.673. The lowest BCUT2D eigenvalue weighted by atomic mass is 9.92. The average Bonchev–Trinajstić information content (AvgIpc) is 2.07. The Morgan fingerprint density at radius 1 is 1.50 bits per heavy atom. The molecule has 3 heteroatoms. The predicted octanol–water partition coefficient (Wildman–Crippen LogP) is 1.85. The van der Waals surface area contributed by atoms with Crippen LogP contribution in [-0.2, 0) is 4.74 Å². The Morgan fingerprint density at radius 2 is 2.25 bits per heavy atom. The van der Waals surface area contributed by atoms with E-state index in [4.69, 9.17) is 10.5 Å². The van der Waals surface area contributed by atoms with E-state index in [0.29, 0.717) is 6.54 Å². The van der Waals surface area contributed by atoms with E-state index in [-0.39, 0.29) is 29.6 Å². The van der Waals surface area contributed by atoms with Crippen LogP contribution >= 0.6 is 24.0 Å². The normalized spacial score (nSPS) is 26.8. The van der Waals surface area contributed by atoms with Gasteiger partial charge in [0.15, 0.2) is 0 Å². The molecule has 0 aromatic heterocycles. The Kier molecular flexibility index (Phi) is 5.78. The highest BCUT2D eigenvalue weighted by Crippen LogP contribution is 2.24. The van der Waals surface area contributed by atoms with Crippen molar-refractivity contribution >= 4 is 24.0 Å². The molecule has 0 aromatic rings. The molecule has 1 rings (SSSR count). The summed E-state index contributed by atoms with van der Waals surface area (Å²) >= 11 is 0. The lowest BCUT2D eigenvalue weighted by molar-refractivity contribution is 0.0287. The lowest BCUT2D eigenvalue weighted by Gasteiger charge is -2.29. The van der Waals surface area contributed by atoms with Crippen LogP contribution in [0.15, 0.2) is 24.3 Å². The van der Waals surface area contributed by atoms with Crippen molar-refractivity contribution in [2.75, 3.05) is 13.7 Å². The molecule has 0 spiro atoms. The molecule has 2 N–H and O–H groups in total. The van der Waals surface area contributed by atoms with E-state index in [1.54, 1.807) is 7.11 Å². The van der Waals surface area contributed by atoms with E-state index in [0.717, 1.165) is 12.8 Å². The number of hydrogen-bond acceptors (Lipinski definition) is 2. The Hall–Kier alpha value is 0.130. The van der Waals surface area contributed by atoms with Crippen molar-refractivity contribution in [2.24, 2.45) is 5.73 Å². The molecule has 1 aliphatic rings. The maximum atomic E-state index is 5.48. The first-order valence-electron chi connectivity index (χ1n) is 3.92. The fourth-order valence-corrected chi connectivity index (χ4v) is 1.33. The molecule has 12 heavy (non-hydrogen) atoms. The highest BCUT2D eigenvalue weighted by molar-refractivity contribution is 14.0. The largest absolute Gasteiger partial charge is 0.374 e. The number of ether oxygens (including phenoxy) is 1. The summed E-state index contributed by atoms with van der Waals surface area (Å²) < 4.78 is 5.40. The molecule has 1 unspecified atom stereocenters. The molecular weight excluding hydrogens is 265 g/mol. The molecular formula is C9H16INO. The van der Waals surface area contributed by atoms with Crippen molar-refractivity contribution in [1.82, 2.24) is 0 Å². The Balaban J connectivity index is 0.00000121. The van der Waals surface area contributed by atoms with Crippen molar-refractivity contribution < 1.29 is 4.74 Å². The van der Waals surface area contributed by atoms with Crippen LogP contribution in [0, 0.1) is 0 Å². The monoisotopic (exact) mass is 281 g/mol. The van der Waals surface area contributed by atoms with Crippen molar-refractivity contribution in [1.29, 1.82) is 0 Å². The third kappa shape index (κ3) is 2.88. The van der Waals surface area contributed by atoms with Crippen LogP contribution in [0.25, 0.3) is 0 Å². The second-order valence-corrected chi connectivity index (χ2v) is 2.80. The van der Waals surface area contributed by atoms with Gasteiger partial charge in [-0.3, -0.25) is 0 Å². The Morgan fingerprint density at radius 3 is 2.67 bits per heavy atom. The number of rotatable bonds is 3. The molecule has 1 atom stereocenters. The third-order valence-electron chi connectivity index (χ3n) is 2.08. The fraction of sp³-hybridized carbons (Fsp3) is 0.556. The van der Waals surface area contributed by atoms with Crippen LogP contribution in [0.1, 0.15) is 12.8 Å². The van der Waals surface area contributed by atoms with Gasteiger partial charge in [0.05, 0.1) is 5.60 Å². The molecule has 0 radical (unpaired) electrons. The van der Waals surface area contributed by atoms with Crippen LogP contribution in [-0.4, -0.2) is 19.3 Å². The third-order valence-corrected chi connectivity index (χ3v) is 2.08. The van der Waals surface area contributed by atoms with Gasteiger partial charge in [-0.2, -0.15) is 0 Å². The van der Waals surface area contributed by atoms with Gasteiger partial charge in [0.1, 0.15) is 0 Å². The van der Waals surface area contributed by atoms with Crippen LogP contribution in [0.5, 0.6) is 0 Å². The highest BCUT2D eigenvalue weighted by Gasteiger charge is 2.24. The quantitative estimate of drug-likeness (QED) is 0.801. The molecule has 0 heterocycles. The van der Waals surface area contributed by atoms with Gasteiger partial charge >= 0.3 is 0 Å². The molecule has 0 aromatic carbocycles. The minimum atomic E-state index is -0.122. The van der Waals surface area contributed by atoms with E-state index >= 15 is 0 Å². The summed E-state index contributed by atoms with van der Waals surface area (Å²) in [4.78, 5) is 0. The first kappa shape index (κ1) is 12.1. The minimum Gasteiger partial charge on any atom is -0.374 e. The molecule has 2 nitrogen and oxygen atoms in total. The standard InChI is InChI=1S/C9H15NO.HI/c1-11-9(7-8-10)5-3-2-4-6-9;/h2-5H,6-8,10H2,1H3;1H. The molecule has 70 valence electrons. The van der Waals surface area contributed by atoms with Gasteiger partial charge in [-0.25, -0.2) is 0 Å². The van der Waals surface area contributed by atoms with Crippen molar-refractivity contribution in [3.8, 4) is 0 Å². The zero-order valence-electron chi connectivity index (χ0n) is 7.32. The van der Waals surface area contributed by atoms with Crippen LogP contribution in [0.4, 0.5) is 0 Å². The number of allylic oxidation sites excluding steroid dienone is 2. The first-order chi connectivity index (χ1) is 5.33. The van der Waals surface area contributed by atoms with Gasteiger partial charge in [-0.1, -0.05) is 24.3 Å². The summed E-state index contributed by atoms with van der Waals surface area (Å²) in [5.74, 6) is 0. The van der Waals surface area contributed by atoms with E-state index in [9.17, 15) is 0 Å². The summed E-state index contributed by atoms with van der Waals surface area (Å²) in [6.07, 6.45) is 10.1. The number of nitrogens with two attached hydrogens (primary N) is 1. The second-order valence-electron chi connectivity index (χ2n) is 2.80. The molecule has 0 aliphatic heterocycles. The maximum absolute atomic E-state index is 5.48. The van der Waals surface area contributed by atoms with Crippen LogP contribution in [0.3, 0.4) is 0 Å². The van der Waals surface area contributed by atoms with Crippen LogP contribution < -0.4 is 5.73 Å². The molecule has 0 saturated carbocycles. The summed E-state index contributed by atoms with van der Waals surface area (Å²) in [7, 11) is 1.74. The smallest absolute Gasteiger partial charge is 0.0908 e. The summed E-state index contributed by atoms with van der Waals surface area (Å²) in [5, 5.41) is 0. The van der Waals surface area contributed by atoms with Gasteiger partial charge < -0.3 is 10.5 Å². The van der Waals surface area contributed by atoms with Gasteiger partial charge in [-0.05, 0) is 19.4 Å². The van der Waals surface area contributed by atoms with E-state index < -0.39 is 0 Å². The van der Waals surface area contributed by atoms with E-state index in [2.05, 4.69) is 12.2 Å². The SMILES string of the molecule is COC1(CCN)C=CC=CC1.I. The second kappa shape index (κ2) is 5.72. The zero-order valence-corrected chi connectivity index (χ0v) is 9.65. The van der Waals surface area contributed by atoms with Gasteiger partial charge in [0.2, 0.25) is 0 Å². The molecule has 0 amide bonds. The van der Waals surface area contributed by atoms with E-state index in [1.807, 2.05) is 12.2 Å². The fourth-order valence-electron chi connectivity index (χ4n) is 1.33. The lowest BCUT2D eigenvalue weighted by Crippen LogP contribution is -2.32. The maximum Gasteiger partial charge on any atom is 0.0908 e. The summed E-state index contributed by atoms with van der Waals surface area (Å²) in [6, 6.07) is 0. The number of halogens is 1. The number of methoxy groups -OCH3 is 1. The topological polar surface area (TPSA) is 35.2 Å². The summed E-state index contributed by atoms with van der Waals surface area (Å²) in [5.41, 5.74) is 5.36. The van der Waals surface area contributed by atoms with Gasteiger partial charge in [-0.15, -0.1) is 24.0 Å². The van der Waals surface area contributed by atoms with Crippen molar-refractivity contribution in [2.45, 2.75) is 18.4 Å². The molecule has 0 fully saturated rings. The van der Waals surface area contributed by atoms with Crippen LogP contribution in [0.2, 0.25) is 0 Å². The molecule has 1 aliphatic carbocycles. The van der Waals surface area contributed by atoms with Gasteiger partial charge in [0, 0.05) is 7.11 Å². The zero-order chi connectivity index (χ0) is 8.16. The van der Waals surface area contributed by atoms with E-state index in [1.165, 1.54) is 0 Å². The first-order valence-corrected chi connectivity index (χ1v) is 3.92. The minimum absolute atomic E-state index is 0. The predicted molar refractivity (Wildman–Crippen MR) is 61.7 cm³/mol. The number of hydrogen-bond donors (Lipinski definition) is 1. The van der Waals surface area contributed by atoms with Crippen molar-refractivity contribution in [3.63, 3.8) is 0 Å². The van der Waals surface area contributed by atoms with Gasteiger partial charge in [0.25, 0.3) is 0 Å². The molecule has 0 bridgehead atoms. The highest BCUT2D eigenvalue weighted by atomic mass is 127. The Labute approximate surface area is 90.9 Å².